The van der Waals surface area contributed by atoms with Crippen molar-refractivity contribution in [1.29, 1.82) is 0 Å². The number of benzene rings is 1. The fourth-order valence-corrected chi connectivity index (χ4v) is 1.98. The Morgan fingerprint density at radius 3 is 2.67 bits per heavy atom. The zero-order valence-electron chi connectivity index (χ0n) is 12.1. The predicted molar refractivity (Wildman–Crippen MR) is 79.2 cm³/mol. The van der Waals surface area contributed by atoms with E-state index < -0.39 is 18.7 Å². The molecule has 3 rings (SSSR count). The van der Waals surface area contributed by atoms with Gasteiger partial charge in [0.1, 0.15) is 6.33 Å². The number of rotatable bonds is 4. The van der Waals surface area contributed by atoms with E-state index in [1.807, 2.05) is 6.07 Å². The van der Waals surface area contributed by atoms with Gasteiger partial charge in [-0.25, -0.2) is 14.6 Å². The first-order valence-electron chi connectivity index (χ1n) is 6.81. The Hall–Kier alpha value is -3.10. The summed E-state index contributed by atoms with van der Waals surface area (Å²) in [6.07, 6.45) is -1.85. The van der Waals surface area contributed by atoms with Gasteiger partial charge in [-0.05, 0) is 18.2 Å². The summed E-state index contributed by atoms with van der Waals surface area (Å²) in [6, 6.07) is 9.74. The van der Waals surface area contributed by atoms with Gasteiger partial charge >= 0.3 is 6.18 Å². The van der Waals surface area contributed by atoms with Crippen molar-refractivity contribution in [3.8, 4) is 5.88 Å². The van der Waals surface area contributed by atoms with Crippen molar-refractivity contribution < 1.29 is 22.7 Å². The second-order valence-electron chi connectivity index (χ2n) is 4.83. The van der Waals surface area contributed by atoms with E-state index in [-0.39, 0.29) is 11.4 Å². The number of carbonyl (C=O) groups excluding carboxylic acids is 1. The van der Waals surface area contributed by atoms with Gasteiger partial charge < -0.3 is 4.74 Å². The zero-order valence-corrected chi connectivity index (χ0v) is 12.1. The molecule has 0 saturated carbocycles. The Morgan fingerprint density at radius 2 is 1.96 bits per heavy atom. The molecular weight excluding hydrogens is 325 g/mol. The van der Waals surface area contributed by atoms with Crippen LogP contribution in [0, 0.1) is 0 Å². The molecule has 9 heteroatoms. The molecule has 6 nitrogen and oxygen atoms in total. The molecule has 0 fully saturated rings. The second-order valence-corrected chi connectivity index (χ2v) is 4.83. The Morgan fingerprint density at radius 1 is 1.17 bits per heavy atom. The van der Waals surface area contributed by atoms with Crippen LogP contribution in [0.25, 0.3) is 11.0 Å². The minimum absolute atomic E-state index is 0.173. The molecule has 0 bridgehead atoms. The summed E-state index contributed by atoms with van der Waals surface area (Å²) < 4.78 is 42.1. The first kappa shape index (κ1) is 15.8. The van der Waals surface area contributed by atoms with Crippen molar-refractivity contribution in [2.45, 2.75) is 6.18 Å². The third kappa shape index (κ3) is 3.62. The van der Waals surface area contributed by atoms with Crippen LogP contribution in [0.2, 0.25) is 0 Å². The third-order valence-corrected chi connectivity index (χ3v) is 3.06. The molecule has 1 N–H and O–H groups in total. The van der Waals surface area contributed by atoms with Crippen LogP contribution in [0.4, 0.5) is 13.2 Å². The molecule has 2 aromatic heterocycles. The van der Waals surface area contributed by atoms with Crippen molar-refractivity contribution >= 4 is 16.9 Å². The first-order chi connectivity index (χ1) is 11.4. The zero-order chi connectivity index (χ0) is 17.2. The van der Waals surface area contributed by atoms with Gasteiger partial charge in [-0.2, -0.15) is 13.2 Å². The largest absolute Gasteiger partial charge is 0.468 e. The molecule has 0 unspecified atom stereocenters. The average Bonchev–Trinajstić information content (AvgIpc) is 2.96. The highest BCUT2D eigenvalue weighted by molar-refractivity contribution is 6.00. The summed E-state index contributed by atoms with van der Waals surface area (Å²) in [5, 5.41) is 0. The minimum atomic E-state index is -4.44. The van der Waals surface area contributed by atoms with Gasteiger partial charge in [0, 0.05) is 12.3 Å². The molecule has 0 aliphatic heterocycles. The highest BCUT2D eigenvalue weighted by Crippen LogP contribution is 2.17. The molecule has 3 aromatic rings. The number of halogens is 3. The van der Waals surface area contributed by atoms with Gasteiger partial charge in [-0.1, -0.05) is 12.1 Å². The summed E-state index contributed by atoms with van der Waals surface area (Å²) >= 11 is 0. The van der Waals surface area contributed by atoms with Gasteiger partial charge in [0.05, 0.1) is 16.6 Å². The lowest BCUT2D eigenvalue weighted by molar-refractivity contribution is -0.154. The maximum absolute atomic E-state index is 12.2. The van der Waals surface area contributed by atoms with E-state index in [1.165, 1.54) is 23.1 Å². The van der Waals surface area contributed by atoms with Crippen LogP contribution in [0.1, 0.15) is 10.4 Å². The lowest BCUT2D eigenvalue weighted by Gasteiger charge is -2.09. The smallest absolute Gasteiger partial charge is 0.422 e. The van der Waals surface area contributed by atoms with Crippen LogP contribution in [0.3, 0.4) is 0 Å². The lowest BCUT2D eigenvalue weighted by Crippen LogP contribution is -2.22. The molecule has 2 heterocycles. The molecule has 0 aliphatic carbocycles. The van der Waals surface area contributed by atoms with Crippen molar-refractivity contribution in [3.63, 3.8) is 0 Å². The number of imidazole rings is 1. The van der Waals surface area contributed by atoms with Crippen molar-refractivity contribution in [1.82, 2.24) is 14.6 Å². The molecule has 1 amide bonds. The Kier molecular flexibility index (Phi) is 4.07. The number of para-hydroxylation sites is 2. The fraction of sp³-hybridized carbons (Fsp3) is 0.133. The number of nitrogens with one attached hydrogen (secondary N) is 1. The lowest BCUT2D eigenvalue weighted by atomic mass is 10.3. The first-order valence-corrected chi connectivity index (χ1v) is 6.81. The Balaban J connectivity index is 1.69. The van der Waals surface area contributed by atoms with Crippen LogP contribution in [-0.2, 0) is 0 Å². The second kappa shape index (κ2) is 6.19. The quantitative estimate of drug-likeness (QED) is 0.795. The molecule has 1 aromatic carbocycles. The molecule has 0 spiro atoms. The summed E-state index contributed by atoms with van der Waals surface area (Å²) in [6.45, 7) is -1.44. The molecule has 124 valence electrons. The van der Waals surface area contributed by atoms with E-state index >= 15 is 0 Å². The topological polar surface area (TPSA) is 69.0 Å². The van der Waals surface area contributed by atoms with Gasteiger partial charge in [0.25, 0.3) is 5.91 Å². The van der Waals surface area contributed by atoms with Gasteiger partial charge in [0.15, 0.2) is 6.61 Å². The molecule has 0 atom stereocenters. The van der Waals surface area contributed by atoms with E-state index in [9.17, 15) is 18.0 Å². The normalized spacial score (nSPS) is 11.5. The summed E-state index contributed by atoms with van der Waals surface area (Å²) in [7, 11) is 0. The Bertz CT molecular complexity index is 859. The van der Waals surface area contributed by atoms with E-state index in [0.29, 0.717) is 11.0 Å². The number of amides is 1. The van der Waals surface area contributed by atoms with Crippen LogP contribution in [0.5, 0.6) is 5.88 Å². The van der Waals surface area contributed by atoms with Gasteiger partial charge in [0.2, 0.25) is 5.88 Å². The molecule has 24 heavy (non-hydrogen) atoms. The number of hydrogen-bond acceptors (Lipinski definition) is 4. The van der Waals surface area contributed by atoms with Crippen molar-refractivity contribution in [3.05, 3.63) is 54.5 Å². The highest BCUT2D eigenvalue weighted by Gasteiger charge is 2.28. The van der Waals surface area contributed by atoms with Crippen LogP contribution >= 0.6 is 0 Å². The van der Waals surface area contributed by atoms with E-state index in [1.54, 1.807) is 18.2 Å². The number of ether oxygens (including phenoxy) is 1. The number of fused-ring (bicyclic) bond motifs is 1. The van der Waals surface area contributed by atoms with Gasteiger partial charge in [-0.3, -0.25) is 10.2 Å². The number of hydrogen-bond donors (Lipinski definition) is 1. The monoisotopic (exact) mass is 336 g/mol. The molecular formula is C15H11F3N4O2. The van der Waals surface area contributed by atoms with Crippen LogP contribution < -0.4 is 10.2 Å². The standard InChI is InChI=1S/C15H11F3N4O2/c16-15(17,18)8-24-13-6-5-10(7-19-13)14(23)21-22-9-20-11-3-1-2-4-12(11)22/h1-7,9H,8H2,(H,21,23). The Labute approximate surface area is 133 Å². The van der Waals surface area contributed by atoms with Gasteiger partial charge in [-0.15, -0.1) is 0 Å². The summed E-state index contributed by atoms with van der Waals surface area (Å²) in [5.74, 6) is -0.690. The predicted octanol–water partition coefficient (Wildman–Crippen LogP) is 2.76. The molecule has 0 saturated heterocycles. The van der Waals surface area contributed by atoms with E-state index in [0.717, 1.165) is 6.20 Å². The third-order valence-electron chi connectivity index (χ3n) is 3.06. The highest BCUT2D eigenvalue weighted by atomic mass is 19.4. The average molecular weight is 336 g/mol. The maximum Gasteiger partial charge on any atom is 0.422 e. The SMILES string of the molecule is O=C(Nn1cnc2ccccc21)c1ccc(OCC(F)(F)F)nc1. The van der Waals surface area contributed by atoms with Crippen molar-refractivity contribution in [2.75, 3.05) is 12.0 Å². The minimum Gasteiger partial charge on any atom is -0.468 e. The van der Waals surface area contributed by atoms with Crippen LogP contribution in [-0.4, -0.2) is 33.3 Å². The van der Waals surface area contributed by atoms with E-state index in [4.69, 9.17) is 0 Å². The van der Waals surface area contributed by atoms with Crippen molar-refractivity contribution in [2.24, 2.45) is 0 Å². The maximum atomic E-state index is 12.2. The summed E-state index contributed by atoms with van der Waals surface area (Å²) in [4.78, 5) is 20.0. The number of alkyl halides is 3. The molecule has 0 aliphatic rings. The number of pyridine rings is 1. The number of aromatic nitrogens is 3. The molecule has 0 radical (unpaired) electrons. The van der Waals surface area contributed by atoms with Crippen LogP contribution in [0.15, 0.2) is 48.9 Å². The van der Waals surface area contributed by atoms with E-state index in [2.05, 4.69) is 20.1 Å². The fourth-order valence-electron chi connectivity index (χ4n) is 1.98. The number of carbonyl (C=O) groups is 1. The summed E-state index contributed by atoms with van der Waals surface area (Å²) in [5.41, 5.74) is 4.21. The number of nitrogens with zero attached hydrogens (tertiary/aromatic N) is 3.